The van der Waals surface area contributed by atoms with Crippen molar-refractivity contribution in [1.29, 1.82) is 0 Å². The number of carbonyl (C=O) groups is 1. The maximum atomic E-state index is 11.5. The highest BCUT2D eigenvalue weighted by Gasteiger charge is 2.28. The summed E-state index contributed by atoms with van der Waals surface area (Å²) >= 11 is 0. The Morgan fingerprint density at radius 1 is 0.642 bits per heavy atom. The Kier molecular flexibility index (Phi) is 23.7. The SMILES string of the molecule is CC(=O)N1CCN(c2cc(C(C)(C)C)cc(NC3CCC3)n2)CC1.CC(C)N1CCN(c2cc(C(C)(C)C)cc(NC3CCC3)n2)CC1.CCNCCCOc1ccc(C(C)(C)C)cc1.Cc1nc(CC2COC2)cc(C(C)(C)C)n1. The van der Waals surface area contributed by atoms with Crippen molar-refractivity contribution in [3.63, 3.8) is 0 Å². The molecule has 3 aliphatic heterocycles. The van der Waals surface area contributed by atoms with Crippen molar-refractivity contribution in [1.82, 2.24) is 35.1 Å². The number of aryl methyl sites for hydroxylation is 1. The number of piperazine rings is 2. The molecule has 1 amide bonds. The molecule has 1 aromatic carbocycles. The number of carbonyl (C=O) groups excluding carboxylic acids is 1. The second-order valence-corrected chi connectivity index (χ2v) is 27.8. The minimum Gasteiger partial charge on any atom is -0.494 e. The molecule has 5 fully saturated rings. The van der Waals surface area contributed by atoms with Crippen LogP contribution in [0.1, 0.15) is 190 Å². The molecule has 0 bridgehead atoms. The lowest BCUT2D eigenvalue weighted by atomic mass is 9.87. The molecule has 0 spiro atoms. The molecule has 0 unspecified atom stereocenters. The van der Waals surface area contributed by atoms with Crippen LogP contribution in [0.25, 0.3) is 0 Å². The Labute approximate surface area is 491 Å². The molecule has 14 heteroatoms. The minimum atomic E-state index is 0.0922. The monoisotopic (exact) mass is 1120 g/mol. The summed E-state index contributed by atoms with van der Waals surface area (Å²) in [5.41, 5.74) is 6.87. The average Bonchev–Trinajstić information content (AvgIpc) is 3.37. The van der Waals surface area contributed by atoms with Crippen molar-refractivity contribution in [3.05, 3.63) is 88.5 Å². The number of aromatic nitrogens is 4. The summed E-state index contributed by atoms with van der Waals surface area (Å²) in [6.07, 6.45) is 9.79. The van der Waals surface area contributed by atoms with E-state index < -0.39 is 0 Å². The van der Waals surface area contributed by atoms with Crippen LogP contribution in [0.15, 0.2) is 54.6 Å². The second-order valence-electron chi connectivity index (χ2n) is 27.8. The first-order valence-corrected chi connectivity index (χ1v) is 31.1. The van der Waals surface area contributed by atoms with E-state index in [0.29, 0.717) is 24.0 Å². The van der Waals surface area contributed by atoms with Crippen LogP contribution in [-0.4, -0.2) is 139 Å². The second kappa shape index (κ2) is 29.5. The van der Waals surface area contributed by atoms with Gasteiger partial charge in [-0.05, 0) is 161 Å². The lowest BCUT2D eigenvalue weighted by molar-refractivity contribution is -0.129. The summed E-state index contributed by atoms with van der Waals surface area (Å²) in [5, 5.41) is 10.5. The number of benzene rings is 1. The fraction of sp³-hybridized carbons (Fsp3) is 0.687. The van der Waals surface area contributed by atoms with Gasteiger partial charge in [-0.25, -0.2) is 19.9 Å². The van der Waals surface area contributed by atoms with Crippen LogP contribution < -0.4 is 30.5 Å². The molecule has 9 rings (SSSR count). The quantitative estimate of drug-likeness (QED) is 0.0976. The molecule has 3 N–H and O–H groups in total. The molecule has 3 saturated heterocycles. The Hall–Kier alpha value is -5.05. The fourth-order valence-corrected chi connectivity index (χ4v) is 10.0. The van der Waals surface area contributed by atoms with Crippen molar-refractivity contribution >= 4 is 29.2 Å². The number of nitrogens with zero attached hydrogens (tertiary/aromatic N) is 8. The van der Waals surface area contributed by atoms with Gasteiger partial charge in [0.15, 0.2) is 0 Å². The van der Waals surface area contributed by atoms with E-state index in [0.717, 1.165) is 144 Å². The third-order valence-corrected chi connectivity index (χ3v) is 16.3. The number of amides is 1. The lowest BCUT2D eigenvalue weighted by Crippen LogP contribution is -2.49. The van der Waals surface area contributed by atoms with E-state index in [1.807, 2.05) is 11.8 Å². The molecule has 3 aromatic heterocycles. The van der Waals surface area contributed by atoms with Crippen molar-refractivity contribution < 1.29 is 14.3 Å². The number of pyridine rings is 2. The van der Waals surface area contributed by atoms with Crippen LogP contribution in [0.4, 0.5) is 23.3 Å². The zero-order valence-corrected chi connectivity index (χ0v) is 53.7. The number of anilines is 4. The van der Waals surface area contributed by atoms with Gasteiger partial charge in [-0.1, -0.05) is 102 Å². The standard InChI is InChI=1S/C20H34N4.C19H30N4O.C15H25NO.C13H20N2O/c1-15(2)23-9-11-24(12-10-23)19-14-16(20(3,4)5)13-18(22-19)21-17-7-6-8-17;1-14(24)22-8-10-23(11-9-22)18-13-15(19(2,3)4)12-17(21-18)20-16-6-5-7-16;1-5-16-11-6-12-17-14-9-7-13(8-10-14)15(2,3)4;1-9-14-11(5-10-7-16-8-10)6-12(15-9)13(2,3)4/h13-15,17H,6-12H2,1-5H3,(H,21,22);12-13,16H,5-11H2,1-4H3,(H,20,21);7-10,16H,5-6,11-12H2,1-4H3;6,10H,5,7-8H2,1-4H3. The summed E-state index contributed by atoms with van der Waals surface area (Å²) in [4.78, 5) is 39.6. The van der Waals surface area contributed by atoms with Crippen molar-refractivity contribution in [2.45, 2.75) is 209 Å². The van der Waals surface area contributed by atoms with Gasteiger partial charge in [0, 0.05) is 100 Å². The Bertz CT molecular complexity index is 2530. The lowest BCUT2D eigenvalue weighted by Gasteiger charge is -2.38. The predicted octanol–water partition coefficient (Wildman–Crippen LogP) is 12.5. The molecule has 450 valence electrons. The third kappa shape index (κ3) is 21.0. The Balaban J connectivity index is 0.000000177. The zero-order valence-electron chi connectivity index (χ0n) is 53.7. The molecular weight excluding hydrogens is 1010 g/mol. The molecule has 2 saturated carbocycles. The van der Waals surface area contributed by atoms with Gasteiger partial charge < -0.3 is 40.1 Å². The number of hydrogen-bond donors (Lipinski definition) is 3. The summed E-state index contributed by atoms with van der Waals surface area (Å²) in [6, 6.07) is 21.4. The number of rotatable bonds is 15. The van der Waals surface area contributed by atoms with Crippen molar-refractivity contribution in [3.8, 4) is 5.75 Å². The summed E-state index contributed by atoms with van der Waals surface area (Å²) in [5.74, 6) is 6.90. The van der Waals surface area contributed by atoms with E-state index in [4.69, 9.17) is 19.4 Å². The van der Waals surface area contributed by atoms with E-state index in [-0.39, 0.29) is 27.6 Å². The van der Waals surface area contributed by atoms with Gasteiger partial charge in [-0.2, -0.15) is 0 Å². The molecule has 6 heterocycles. The first-order chi connectivity index (χ1) is 38.1. The van der Waals surface area contributed by atoms with E-state index in [1.165, 1.54) is 55.2 Å². The van der Waals surface area contributed by atoms with Crippen LogP contribution in [0.5, 0.6) is 5.75 Å². The van der Waals surface area contributed by atoms with E-state index in [9.17, 15) is 4.79 Å². The topological polar surface area (TPSA) is 136 Å². The van der Waals surface area contributed by atoms with Crippen LogP contribution >= 0.6 is 0 Å². The largest absolute Gasteiger partial charge is 0.494 e. The number of nitrogens with one attached hydrogen (secondary N) is 3. The zero-order chi connectivity index (χ0) is 59.1. The highest BCUT2D eigenvalue weighted by Crippen LogP contribution is 2.33. The molecule has 2 aliphatic carbocycles. The summed E-state index contributed by atoms with van der Waals surface area (Å²) < 4.78 is 10.9. The van der Waals surface area contributed by atoms with E-state index in [2.05, 4.69) is 199 Å². The number of hydrogen-bond acceptors (Lipinski definition) is 13. The van der Waals surface area contributed by atoms with Crippen LogP contribution in [-0.2, 0) is 37.6 Å². The smallest absolute Gasteiger partial charge is 0.219 e. The first-order valence-electron chi connectivity index (χ1n) is 31.1. The van der Waals surface area contributed by atoms with Crippen LogP contribution in [0.2, 0.25) is 0 Å². The van der Waals surface area contributed by atoms with Gasteiger partial charge in [-0.15, -0.1) is 0 Å². The fourth-order valence-electron chi connectivity index (χ4n) is 10.0. The molecular formula is C67H109N11O3. The highest BCUT2D eigenvalue weighted by atomic mass is 16.5. The molecule has 81 heavy (non-hydrogen) atoms. The van der Waals surface area contributed by atoms with Gasteiger partial charge in [0.2, 0.25) is 5.91 Å². The highest BCUT2D eigenvalue weighted by molar-refractivity contribution is 5.73. The third-order valence-electron chi connectivity index (χ3n) is 16.3. The maximum Gasteiger partial charge on any atom is 0.219 e. The van der Waals surface area contributed by atoms with Gasteiger partial charge in [0.25, 0.3) is 0 Å². The van der Waals surface area contributed by atoms with Gasteiger partial charge >= 0.3 is 0 Å². The normalized spacial score (nSPS) is 17.5. The van der Waals surface area contributed by atoms with Gasteiger partial charge in [-0.3, -0.25) is 9.69 Å². The van der Waals surface area contributed by atoms with Crippen molar-refractivity contribution in [2.24, 2.45) is 5.92 Å². The van der Waals surface area contributed by atoms with Gasteiger partial charge in [0.05, 0.1) is 19.8 Å². The predicted molar refractivity (Wildman–Crippen MR) is 339 cm³/mol. The van der Waals surface area contributed by atoms with Crippen molar-refractivity contribution in [2.75, 3.05) is 106 Å². The molecule has 4 aromatic rings. The molecule has 5 aliphatic rings. The average molecular weight is 1120 g/mol. The molecule has 0 atom stereocenters. The van der Waals surface area contributed by atoms with E-state index in [1.54, 1.807) is 6.92 Å². The summed E-state index contributed by atoms with van der Waals surface area (Å²) in [7, 11) is 0. The maximum absolute atomic E-state index is 11.5. The molecule has 0 radical (unpaired) electrons. The van der Waals surface area contributed by atoms with Crippen LogP contribution in [0, 0.1) is 12.8 Å². The number of ether oxygens (including phenoxy) is 2. The van der Waals surface area contributed by atoms with Crippen LogP contribution in [0.3, 0.4) is 0 Å². The Morgan fingerprint density at radius 2 is 1.14 bits per heavy atom. The molecule has 14 nitrogen and oxygen atoms in total. The first kappa shape index (κ1) is 65.1. The van der Waals surface area contributed by atoms with Gasteiger partial charge in [0.1, 0.15) is 34.8 Å². The summed E-state index contributed by atoms with van der Waals surface area (Å²) in [6.45, 7) is 49.4. The Morgan fingerprint density at radius 3 is 1.53 bits per heavy atom. The van der Waals surface area contributed by atoms with E-state index >= 15 is 0 Å². The minimum absolute atomic E-state index is 0.0922.